The standard InChI is InChI=1S/C22H28ClN3O3/c23-17-6-3-7-18(14-17)25-10-12-26(13-11-25)21(29)8-9-22(16-4-1-2-5-16)19(27)15-20(28)24-22/h3,6-7,14,16H,1-2,4-5,8-13,15H2,(H,24,28). The van der Waals surface area contributed by atoms with Crippen LogP contribution in [0.2, 0.25) is 5.02 Å². The molecule has 3 aliphatic rings. The first-order valence-electron chi connectivity index (χ1n) is 10.6. The minimum atomic E-state index is -0.814. The monoisotopic (exact) mass is 417 g/mol. The molecule has 1 aliphatic carbocycles. The van der Waals surface area contributed by atoms with Crippen LogP contribution in [-0.4, -0.2) is 54.2 Å². The zero-order valence-electron chi connectivity index (χ0n) is 16.7. The Morgan fingerprint density at radius 3 is 2.48 bits per heavy atom. The van der Waals surface area contributed by atoms with Gasteiger partial charge in [0.2, 0.25) is 11.8 Å². The van der Waals surface area contributed by atoms with E-state index in [-0.39, 0.29) is 29.9 Å². The maximum atomic E-state index is 12.9. The lowest BCUT2D eigenvalue weighted by atomic mass is 9.77. The molecule has 7 heteroatoms. The lowest BCUT2D eigenvalue weighted by Gasteiger charge is -2.37. The van der Waals surface area contributed by atoms with E-state index in [4.69, 9.17) is 11.6 Å². The van der Waals surface area contributed by atoms with Crippen molar-refractivity contribution in [3.05, 3.63) is 29.3 Å². The normalized spacial score (nSPS) is 25.6. The van der Waals surface area contributed by atoms with Crippen LogP contribution in [0.3, 0.4) is 0 Å². The predicted octanol–water partition coefficient (Wildman–Crippen LogP) is 2.79. The zero-order chi connectivity index (χ0) is 20.4. The summed E-state index contributed by atoms with van der Waals surface area (Å²) in [7, 11) is 0. The van der Waals surface area contributed by atoms with Crippen LogP contribution in [0.1, 0.15) is 44.9 Å². The highest BCUT2D eigenvalue weighted by molar-refractivity contribution is 6.30. The second-order valence-electron chi connectivity index (χ2n) is 8.45. The molecule has 1 saturated carbocycles. The van der Waals surface area contributed by atoms with Gasteiger partial charge in [0.25, 0.3) is 0 Å². The van der Waals surface area contributed by atoms with Crippen molar-refractivity contribution in [1.29, 1.82) is 0 Å². The van der Waals surface area contributed by atoms with Gasteiger partial charge in [-0.3, -0.25) is 14.4 Å². The van der Waals surface area contributed by atoms with Gasteiger partial charge in [-0.15, -0.1) is 0 Å². The smallest absolute Gasteiger partial charge is 0.228 e. The number of nitrogens with zero attached hydrogens (tertiary/aromatic N) is 2. The van der Waals surface area contributed by atoms with Crippen molar-refractivity contribution in [3.63, 3.8) is 0 Å². The Hall–Kier alpha value is -2.08. The van der Waals surface area contributed by atoms with E-state index < -0.39 is 5.54 Å². The average molecular weight is 418 g/mol. The van der Waals surface area contributed by atoms with Gasteiger partial charge in [-0.25, -0.2) is 0 Å². The van der Waals surface area contributed by atoms with Crippen molar-refractivity contribution in [2.75, 3.05) is 31.1 Å². The van der Waals surface area contributed by atoms with E-state index in [1.807, 2.05) is 29.2 Å². The van der Waals surface area contributed by atoms with Crippen LogP contribution < -0.4 is 10.2 Å². The van der Waals surface area contributed by atoms with Crippen LogP contribution in [0.5, 0.6) is 0 Å². The van der Waals surface area contributed by atoms with Crippen molar-refractivity contribution < 1.29 is 14.4 Å². The van der Waals surface area contributed by atoms with Gasteiger partial charge in [0.1, 0.15) is 5.54 Å². The molecular weight excluding hydrogens is 390 g/mol. The second kappa shape index (κ2) is 8.34. The number of rotatable bonds is 5. The number of hydrogen-bond acceptors (Lipinski definition) is 4. The van der Waals surface area contributed by atoms with Crippen LogP contribution >= 0.6 is 11.6 Å². The summed E-state index contributed by atoms with van der Waals surface area (Å²) in [5.74, 6) is 0.0356. The first-order valence-corrected chi connectivity index (χ1v) is 11.0. The number of benzene rings is 1. The Kier molecular flexibility index (Phi) is 5.81. The fraction of sp³-hybridized carbons (Fsp3) is 0.591. The Morgan fingerprint density at radius 2 is 1.86 bits per heavy atom. The topological polar surface area (TPSA) is 69.7 Å². The molecule has 3 fully saturated rings. The van der Waals surface area contributed by atoms with Crippen LogP contribution in [0.4, 0.5) is 5.69 Å². The number of carbonyl (C=O) groups is 3. The Morgan fingerprint density at radius 1 is 1.14 bits per heavy atom. The number of hydrogen-bond donors (Lipinski definition) is 1. The fourth-order valence-corrected chi connectivity index (χ4v) is 5.35. The number of piperazine rings is 1. The lowest BCUT2D eigenvalue weighted by Crippen LogP contribution is -2.53. The number of anilines is 1. The number of halogens is 1. The van der Waals surface area contributed by atoms with Gasteiger partial charge in [0.05, 0.1) is 6.42 Å². The van der Waals surface area contributed by atoms with Gasteiger partial charge < -0.3 is 15.1 Å². The SMILES string of the molecule is O=C1CC(=O)C(CCC(=O)N2CCN(c3cccc(Cl)c3)CC2)(C2CCCC2)N1. The zero-order valence-corrected chi connectivity index (χ0v) is 17.4. The summed E-state index contributed by atoms with van der Waals surface area (Å²) in [5, 5.41) is 3.68. The average Bonchev–Trinajstić information content (AvgIpc) is 3.35. The largest absolute Gasteiger partial charge is 0.368 e. The maximum absolute atomic E-state index is 12.9. The third-order valence-corrected chi connectivity index (χ3v) is 7.01. The molecule has 4 rings (SSSR count). The number of Topliss-reactive ketones (excluding diaryl/α,β-unsaturated/α-hetero) is 1. The summed E-state index contributed by atoms with van der Waals surface area (Å²) in [6.07, 6.45) is 4.79. The van der Waals surface area contributed by atoms with Gasteiger partial charge in [-0.2, -0.15) is 0 Å². The van der Waals surface area contributed by atoms with E-state index >= 15 is 0 Å². The van der Waals surface area contributed by atoms with Crippen LogP contribution in [-0.2, 0) is 14.4 Å². The summed E-state index contributed by atoms with van der Waals surface area (Å²) in [6, 6.07) is 7.76. The highest BCUT2D eigenvalue weighted by Crippen LogP contribution is 2.40. The van der Waals surface area contributed by atoms with Gasteiger partial charge in [-0.05, 0) is 43.4 Å². The lowest BCUT2D eigenvalue weighted by molar-refractivity contribution is -0.133. The number of ketones is 1. The molecule has 1 aromatic carbocycles. The predicted molar refractivity (Wildman–Crippen MR) is 112 cm³/mol. The van der Waals surface area contributed by atoms with Crippen LogP contribution in [0, 0.1) is 5.92 Å². The summed E-state index contributed by atoms with van der Waals surface area (Å²) < 4.78 is 0. The Labute approximate surface area is 176 Å². The summed E-state index contributed by atoms with van der Waals surface area (Å²) in [4.78, 5) is 41.6. The molecule has 2 amide bonds. The van der Waals surface area contributed by atoms with E-state index in [2.05, 4.69) is 10.2 Å². The van der Waals surface area contributed by atoms with Crippen molar-refractivity contribution in [2.24, 2.45) is 5.92 Å². The Bertz CT molecular complexity index is 800. The van der Waals surface area contributed by atoms with Crippen LogP contribution in [0.15, 0.2) is 24.3 Å². The number of amides is 2. The first-order chi connectivity index (χ1) is 14.0. The van der Waals surface area contributed by atoms with E-state index in [0.717, 1.165) is 44.5 Å². The minimum Gasteiger partial charge on any atom is -0.368 e. The van der Waals surface area contributed by atoms with E-state index in [0.29, 0.717) is 31.0 Å². The number of carbonyl (C=O) groups excluding carboxylic acids is 3. The molecule has 0 radical (unpaired) electrons. The minimum absolute atomic E-state index is 0.0204. The highest BCUT2D eigenvalue weighted by atomic mass is 35.5. The highest BCUT2D eigenvalue weighted by Gasteiger charge is 2.51. The van der Waals surface area contributed by atoms with Crippen LogP contribution in [0.25, 0.3) is 0 Å². The van der Waals surface area contributed by atoms with E-state index in [1.54, 1.807) is 0 Å². The molecular formula is C22H28ClN3O3. The Balaban J connectivity index is 1.34. The van der Waals surface area contributed by atoms with Crippen molar-refractivity contribution in [3.8, 4) is 0 Å². The fourth-order valence-electron chi connectivity index (χ4n) is 5.17. The van der Waals surface area contributed by atoms with Gasteiger partial charge in [-0.1, -0.05) is 30.5 Å². The molecule has 2 saturated heterocycles. The van der Waals surface area contributed by atoms with Crippen molar-refractivity contribution >= 4 is 34.9 Å². The molecule has 1 aromatic rings. The molecule has 1 atom stereocenters. The van der Waals surface area contributed by atoms with Crippen molar-refractivity contribution in [2.45, 2.75) is 50.5 Å². The van der Waals surface area contributed by atoms with Crippen molar-refractivity contribution in [1.82, 2.24) is 10.2 Å². The molecule has 0 bridgehead atoms. The molecule has 0 spiro atoms. The molecule has 6 nitrogen and oxygen atoms in total. The third-order valence-electron chi connectivity index (χ3n) is 6.77. The maximum Gasteiger partial charge on any atom is 0.228 e. The van der Waals surface area contributed by atoms with Gasteiger partial charge in [0, 0.05) is 43.3 Å². The summed E-state index contributed by atoms with van der Waals surface area (Å²) >= 11 is 6.09. The number of nitrogens with one attached hydrogen (secondary N) is 1. The quantitative estimate of drug-likeness (QED) is 0.748. The van der Waals surface area contributed by atoms with E-state index in [9.17, 15) is 14.4 Å². The second-order valence-corrected chi connectivity index (χ2v) is 8.89. The molecule has 2 heterocycles. The molecule has 1 unspecified atom stereocenters. The van der Waals surface area contributed by atoms with E-state index in [1.165, 1.54) is 0 Å². The molecule has 0 aromatic heterocycles. The molecule has 1 N–H and O–H groups in total. The van der Waals surface area contributed by atoms with Gasteiger partial charge in [0.15, 0.2) is 5.78 Å². The van der Waals surface area contributed by atoms with Gasteiger partial charge >= 0.3 is 0 Å². The summed E-state index contributed by atoms with van der Waals surface area (Å²) in [6.45, 7) is 2.83. The third kappa shape index (κ3) is 4.13. The molecule has 156 valence electrons. The summed E-state index contributed by atoms with van der Waals surface area (Å²) in [5.41, 5.74) is 0.260. The molecule has 29 heavy (non-hydrogen) atoms. The first kappa shape index (κ1) is 20.2. The molecule has 2 aliphatic heterocycles.